The van der Waals surface area contributed by atoms with Crippen LogP contribution in [0.15, 0.2) is 28.7 Å². The summed E-state index contributed by atoms with van der Waals surface area (Å²) in [7, 11) is 0. The lowest BCUT2D eigenvalue weighted by Crippen LogP contribution is -2.36. The van der Waals surface area contributed by atoms with Gasteiger partial charge in [-0.25, -0.2) is 0 Å². The van der Waals surface area contributed by atoms with Crippen LogP contribution in [-0.4, -0.2) is 25.0 Å². The Morgan fingerprint density at radius 1 is 1.26 bits per heavy atom. The first-order valence-corrected chi connectivity index (χ1v) is 9.58. The summed E-state index contributed by atoms with van der Waals surface area (Å²) in [6, 6.07) is 8.64. The van der Waals surface area contributed by atoms with E-state index in [4.69, 9.17) is 0 Å². The molecule has 0 spiro atoms. The number of benzene rings is 1. The predicted octanol–water partition coefficient (Wildman–Crippen LogP) is 3.91. The molecule has 1 heterocycles. The van der Waals surface area contributed by atoms with Gasteiger partial charge in [0.25, 0.3) is 0 Å². The van der Waals surface area contributed by atoms with Crippen LogP contribution in [0.1, 0.15) is 45.1 Å². The number of nitrogens with one attached hydrogen (secondary N) is 2. The second kappa shape index (κ2) is 9.43. The molecule has 2 atom stereocenters. The summed E-state index contributed by atoms with van der Waals surface area (Å²) in [5.74, 6) is 1.38. The fourth-order valence-corrected chi connectivity index (χ4v) is 3.58. The third-order valence-corrected chi connectivity index (χ3v) is 5.41. The number of aryl methyl sites for hydroxylation is 1. The van der Waals surface area contributed by atoms with Crippen LogP contribution in [0.5, 0.6) is 0 Å². The second-order valence-electron chi connectivity index (χ2n) is 6.90. The van der Waals surface area contributed by atoms with Gasteiger partial charge in [0.2, 0.25) is 5.91 Å². The van der Waals surface area contributed by atoms with Crippen LogP contribution in [0.2, 0.25) is 0 Å². The second-order valence-corrected chi connectivity index (χ2v) is 7.82. The van der Waals surface area contributed by atoms with E-state index in [1.54, 1.807) is 0 Å². The monoisotopic (exact) mass is 380 g/mol. The average molecular weight is 381 g/mol. The predicted molar refractivity (Wildman–Crippen MR) is 99.4 cm³/mol. The Labute approximate surface area is 148 Å². The average Bonchev–Trinajstić information content (AvgIpc) is 2.55. The number of hydrogen-bond donors (Lipinski definition) is 2. The summed E-state index contributed by atoms with van der Waals surface area (Å²) in [6.07, 6.45) is 5.04. The minimum Gasteiger partial charge on any atom is -0.354 e. The number of carbonyl (C=O) groups is 1. The van der Waals surface area contributed by atoms with Crippen molar-refractivity contribution in [2.75, 3.05) is 13.1 Å². The molecule has 2 unspecified atom stereocenters. The number of carbonyl (C=O) groups excluding carboxylic acids is 1. The smallest absolute Gasteiger partial charge is 0.220 e. The van der Waals surface area contributed by atoms with Gasteiger partial charge in [-0.3, -0.25) is 4.79 Å². The molecular weight excluding hydrogens is 352 g/mol. The van der Waals surface area contributed by atoms with E-state index in [0.717, 1.165) is 30.4 Å². The van der Waals surface area contributed by atoms with Crippen LogP contribution in [0.25, 0.3) is 0 Å². The fraction of sp³-hybridized carbons (Fsp3) is 0.632. The van der Waals surface area contributed by atoms with Crippen LogP contribution in [-0.2, 0) is 11.2 Å². The first-order valence-electron chi connectivity index (χ1n) is 8.79. The lowest BCUT2D eigenvalue weighted by Gasteiger charge is -2.28. The highest BCUT2D eigenvalue weighted by molar-refractivity contribution is 9.10. The molecule has 0 bridgehead atoms. The summed E-state index contributed by atoms with van der Waals surface area (Å²) in [4.78, 5) is 12.2. The van der Waals surface area contributed by atoms with Crippen LogP contribution < -0.4 is 10.6 Å². The minimum atomic E-state index is 0.208. The van der Waals surface area contributed by atoms with Crippen LogP contribution in [0.4, 0.5) is 0 Å². The van der Waals surface area contributed by atoms with Gasteiger partial charge in [0, 0.05) is 16.9 Å². The maximum Gasteiger partial charge on any atom is 0.220 e. The van der Waals surface area contributed by atoms with Gasteiger partial charge in [-0.15, -0.1) is 0 Å². The van der Waals surface area contributed by atoms with Crippen molar-refractivity contribution in [2.45, 2.75) is 52.0 Å². The van der Waals surface area contributed by atoms with Crippen molar-refractivity contribution < 1.29 is 4.79 Å². The van der Waals surface area contributed by atoms with Crippen molar-refractivity contribution in [3.8, 4) is 0 Å². The molecule has 0 saturated carbocycles. The zero-order valence-electron chi connectivity index (χ0n) is 14.3. The van der Waals surface area contributed by atoms with Gasteiger partial charge < -0.3 is 10.6 Å². The molecule has 2 N–H and O–H groups in total. The molecule has 1 saturated heterocycles. The Morgan fingerprint density at radius 3 is 2.57 bits per heavy atom. The Kier molecular flexibility index (Phi) is 7.57. The molecule has 23 heavy (non-hydrogen) atoms. The first kappa shape index (κ1) is 18.5. The molecule has 1 fully saturated rings. The lowest BCUT2D eigenvalue weighted by atomic mass is 9.84. The highest BCUT2D eigenvalue weighted by Crippen LogP contribution is 2.24. The molecule has 128 valence electrons. The minimum absolute atomic E-state index is 0.208. The summed E-state index contributed by atoms with van der Waals surface area (Å²) >= 11 is 3.45. The van der Waals surface area contributed by atoms with Gasteiger partial charge in [0.1, 0.15) is 0 Å². The van der Waals surface area contributed by atoms with Crippen molar-refractivity contribution in [1.82, 2.24) is 10.6 Å². The number of piperidine rings is 1. The summed E-state index contributed by atoms with van der Waals surface area (Å²) < 4.78 is 1.11. The van der Waals surface area contributed by atoms with E-state index in [9.17, 15) is 4.79 Å². The molecular formula is C19H29BrN2O. The molecule has 0 aromatic heterocycles. The van der Waals surface area contributed by atoms with Crippen molar-refractivity contribution in [3.05, 3.63) is 34.3 Å². The first-order chi connectivity index (χ1) is 11.0. The number of amides is 1. The molecule has 1 aliphatic rings. The van der Waals surface area contributed by atoms with Gasteiger partial charge in [-0.2, -0.15) is 0 Å². The summed E-state index contributed by atoms with van der Waals surface area (Å²) in [6.45, 7) is 6.52. The zero-order chi connectivity index (χ0) is 16.7. The Bertz CT molecular complexity index is 483. The van der Waals surface area contributed by atoms with Crippen LogP contribution in [0, 0.1) is 11.8 Å². The van der Waals surface area contributed by atoms with E-state index in [-0.39, 0.29) is 11.9 Å². The number of rotatable bonds is 7. The largest absolute Gasteiger partial charge is 0.354 e. The standard InChI is InChI=1S/C19H29BrN2O/c1-14(17-9-11-21-12-10-17)13-19(23)22-15(2)3-4-16-5-7-18(20)8-6-16/h5-8,14-15,17,21H,3-4,9-13H2,1-2H3,(H,22,23). The third-order valence-electron chi connectivity index (χ3n) is 4.88. The Hall–Kier alpha value is -0.870. The van der Waals surface area contributed by atoms with E-state index < -0.39 is 0 Å². The van der Waals surface area contributed by atoms with E-state index in [2.05, 4.69) is 64.7 Å². The van der Waals surface area contributed by atoms with Gasteiger partial charge in [0.15, 0.2) is 0 Å². The van der Waals surface area contributed by atoms with Gasteiger partial charge in [-0.05, 0) is 75.2 Å². The summed E-state index contributed by atoms with van der Waals surface area (Å²) in [5, 5.41) is 6.56. The molecule has 1 aliphatic heterocycles. The molecule has 4 heteroatoms. The Balaban J connectivity index is 1.68. The van der Waals surface area contributed by atoms with Crippen molar-refractivity contribution >= 4 is 21.8 Å². The van der Waals surface area contributed by atoms with E-state index in [1.807, 2.05) is 0 Å². The molecule has 1 aromatic carbocycles. The quantitative estimate of drug-likeness (QED) is 0.752. The normalized spacial score (nSPS) is 18.4. The molecule has 2 rings (SSSR count). The summed E-state index contributed by atoms with van der Waals surface area (Å²) in [5.41, 5.74) is 1.32. The topological polar surface area (TPSA) is 41.1 Å². The molecule has 3 nitrogen and oxygen atoms in total. The highest BCUT2D eigenvalue weighted by Gasteiger charge is 2.22. The van der Waals surface area contributed by atoms with E-state index in [0.29, 0.717) is 18.3 Å². The lowest BCUT2D eigenvalue weighted by molar-refractivity contribution is -0.123. The van der Waals surface area contributed by atoms with Crippen LogP contribution in [0.3, 0.4) is 0 Å². The number of halogens is 1. The van der Waals surface area contributed by atoms with Gasteiger partial charge in [-0.1, -0.05) is 35.0 Å². The molecule has 0 aliphatic carbocycles. The van der Waals surface area contributed by atoms with Crippen LogP contribution >= 0.6 is 15.9 Å². The van der Waals surface area contributed by atoms with Crippen molar-refractivity contribution in [1.29, 1.82) is 0 Å². The molecule has 0 radical (unpaired) electrons. The zero-order valence-corrected chi connectivity index (χ0v) is 15.9. The van der Waals surface area contributed by atoms with Crippen molar-refractivity contribution in [3.63, 3.8) is 0 Å². The van der Waals surface area contributed by atoms with Gasteiger partial charge in [0.05, 0.1) is 0 Å². The van der Waals surface area contributed by atoms with Gasteiger partial charge >= 0.3 is 0 Å². The SMILES string of the molecule is CC(CCc1ccc(Br)cc1)NC(=O)CC(C)C1CCNCC1. The Morgan fingerprint density at radius 2 is 1.91 bits per heavy atom. The third kappa shape index (κ3) is 6.64. The maximum absolute atomic E-state index is 12.2. The molecule has 1 amide bonds. The van der Waals surface area contributed by atoms with Crippen molar-refractivity contribution in [2.24, 2.45) is 11.8 Å². The fourth-order valence-electron chi connectivity index (χ4n) is 3.31. The van der Waals surface area contributed by atoms with E-state index >= 15 is 0 Å². The molecule has 1 aromatic rings. The highest BCUT2D eigenvalue weighted by atomic mass is 79.9. The maximum atomic E-state index is 12.2. The number of hydrogen-bond acceptors (Lipinski definition) is 2. The van der Waals surface area contributed by atoms with E-state index in [1.165, 1.54) is 18.4 Å².